The Labute approximate surface area is 165 Å². The number of aryl methyl sites for hydroxylation is 1. The Bertz CT molecular complexity index is 833. The normalized spacial score (nSPS) is 14.4. The van der Waals surface area contributed by atoms with Crippen molar-refractivity contribution in [3.63, 3.8) is 0 Å². The number of rotatable bonds is 5. The SMILES string of the molecule is CCC[C@@H](C)NC(=O)c1ccc2c(c1)CCCN2C(=O)c1ccc(Cl)cc1. The molecule has 142 valence electrons. The first-order valence-electron chi connectivity index (χ1n) is 9.51. The zero-order valence-electron chi connectivity index (χ0n) is 15.8. The summed E-state index contributed by atoms with van der Waals surface area (Å²) >= 11 is 5.92. The first-order chi connectivity index (χ1) is 13.0. The number of nitrogens with one attached hydrogen (secondary N) is 1. The molecule has 1 heterocycles. The fraction of sp³-hybridized carbons (Fsp3) is 0.364. The van der Waals surface area contributed by atoms with Crippen molar-refractivity contribution in [1.82, 2.24) is 5.32 Å². The van der Waals surface area contributed by atoms with Gasteiger partial charge in [-0.1, -0.05) is 24.9 Å². The van der Waals surface area contributed by atoms with Crippen molar-refractivity contribution >= 4 is 29.1 Å². The molecule has 0 saturated heterocycles. The maximum atomic E-state index is 12.9. The van der Waals surface area contributed by atoms with Crippen LogP contribution in [0.3, 0.4) is 0 Å². The van der Waals surface area contributed by atoms with E-state index in [1.54, 1.807) is 35.2 Å². The molecular weight excluding hydrogens is 360 g/mol. The maximum Gasteiger partial charge on any atom is 0.258 e. The van der Waals surface area contributed by atoms with Crippen molar-refractivity contribution < 1.29 is 9.59 Å². The van der Waals surface area contributed by atoms with E-state index in [1.807, 2.05) is 19.1 Å². The minimum atomic E-state index is -0.0556. The van der Waals surface area contributed by atoms with Crippen LogP contribution in [0, 0.1) is 0 Å². The van der Waals surface area contributed by atoms with Gasteiger partial charge in [0.2, 0.25) is 0 Å². The second-order valence-electron chi connectivity index (χ2n) is 7.07. The lowest BCUT2D eigenvalue weighted by Gasteiger charge is -2.30. The molecule has 1 aliphatic rings. The number of anilines is 1. The van der Waals surface area contributed by atoms with E-state index in [9.17, 15) is 9.59 Å². The minimum absolute atomic E-state index is 0.0404. The van der Waals surface area contributed by atoms with E-state index in [0.29, 0.717) is 22.7 Å². The molecule has 2 amide bonds. The van der Waals surface area contributed by atoms with Gasteiger partial charge in [0, 0.05) is 34.4 Å². The third-order valence-electron chi connectivity index (χ3n) is 4.90. The molecule has 0 aromatic heterocycles. The van der Waals surface area contributed by atoms with Gasteiger partial charge in [0.1, 0.15) is 0 Å². The van der Waals surface area contributed by atoms with Crippen molar-refractivity contribution in [3.05, 3.63) is 64.2 Å². The molecule has 0 aliphatic carbocycles. The van der Waals surface area contributed by atoms with E-state index >= 15 is 0 Å². The van der Waals surface area contributed by atoms with E-state index < -0.39 is 0 Å². The largest absolute Gasteiger partial charge is 0.350 e. The molecule has 0 fully saturated rings. The highest BCUT2D eigenvalue weighted by Crippen LogP contribution is 2.29. The quantitative estimate of drug-likeness (QED) is 0.800. The van der Waals surface area contributed by atoms with Crippen LogP contribution in [0.5, 0.6) is 0 Å². The van der Waals surface area contributed by atoms with Crippen LogP contribution in [-0.2, 0) is 6.42 Å². The highest BCUT2D eigenvalue weighted by atomic mass is 35.5. The first kappa shape index (κ1) is 19.4. The number of hydrogen-bond donors (Lipinski definition) is 1. The zero-order valence-corrected chi connectivity index (χ0v) is 16.6. The molecule has 1 aliphatic heterocycles. The van der Waals surface area contributed by atoms with E-state index in [2.05, 4.69) is 12.2 Å². The molecule has 4 nitrogen and oxygen atoms in total. The van der Waals surface area contributed by atoms with Crippen LogP contribution in [0.25, 0.3) is 0 Å². The monoisotopic (exact) mass is 384 g/mol. The number of benzene rings is 2. The van der Waals surface area contributed by atoms with E-state index in [4.69, 9.17) is 11.6 Å². The molecule has 0 spiro atoms. The zero-order chi connectivity index (χ0) is 19.4. The van der Waals surface area contributed by atoms with Crippen LogP contribution in [0.1, 0.15) is 59.4 Å². The average Bonchev–Trinajstić information content (AvgIpc) is 2.67. The summed E-state index contributed by atoms with van der Waals surface area (Å²) in [6.45, 7) is 4.80. The number of carbonyl (C=O) groups excluding carboxylic acids is 2. The summed E-state index contributed by atoms with van der Waals surface area (Å²) in [5.74, 6) is -0.0960. The van der Waals surface area contributed by atoms with Gasteiger partial charge in [0.15, 0.2) is 0 Å². The van der Waals surface area contributed by atoms with Crippen LogP contribution in [-0.4, -0.2) is 24.4 Å². The van der Waals surface area contributed by atoms with Crippen molar-refractivity contribution in [2.45, 2.75) is 45.6 Å². The van der Waals surface area contributed by atoms with Crippen LogP contribution < -0.4 is 10.2 Å². The number of carbonyl (C=O) groups is 2. The first-order valence-corrected chi connectivity index (χ1v) is 9.88. The molecular formula is C22H25ClN2O2. The van der Waals surface area contributed by atoms with Gasteiger partial charge in [-0.05, 0) is 74.2 Å². The number of amides is 2. The van der Waals surface area contributed by atoms with Crippen LogP contribution in [0.4, 0.5) is 5.69 Å². The summed E-state index contributed by atoms with van der Waals surface area (Å²) in [5, 5.41) is 3.65. The van der Waals surface area contributed by atoms with Crippen molar-refractivity contribution in [1.29, 1.82) is 0 Å². The van der Waals surface area contributed by atoms with Gasteiger partial charge < -0.3 is 10.2 Å². The average molecular weight is 385 g/mol. The third-order valence-corrected chi connectivity index (χ3v) is 5.15. The topological polar surface area (TPSA) is 49.4 Å². The van der Waals surface area contributed by atoms with Crippen LogP contribution in [0.2, 0.25) is 5.02 Å². The Morgan fingerprint density at radius 1 is 1.15 bits per heavy atom. The van der Waals surface area contributed by atoms with Gasteiger partial charge in [-0.25, -0.2) is 0 Å². The summed E-state index contributed by atoms with van der Waals surface area (Å²) in [6.07, 6.45) is 3.74. The van der Waals surface area contributed by atoms with Gasteiger partial charge in [-0.2, -0.15) is 0 Å². The molecule has 0 saturated carbocycles. The lowest BCUT2D eigenvalue weighted by molar-refractivity contribution is 0.0937. The molecule has 5 heteroatoms. The molecule has 0 bridgehead atoms. The highest BCUT2D eigenvalue weighted by Gasteiger charge is 2.24. The summed E-state index contributed by atoms with van der Waals surface area (Å²) < 4.78 is 0. The van der Waals surface area contributed by atoms with Gasteiger partial charge in [-0.15, -0.1) is 0 Å². The van der Waals surface area contributed by atoms with E-state index in [0.717, 1.165) is 36.9 Å². The summed E-state index contributed by atoms with van der Waals surface area (Å²) in [7, 11) is 0. The second-order valence-corrected chi connectivity index (χ2v) is 7.51. The molecule has 2 aromatic carbocycles. The molecule has 1 N–H and O–H groups in total. The Kier molecular flexibility index (Phi) is 6.17. The lowest BCUT2D eigenvalue weighted by atomic mass is 9.98. The van der Waals surface area contributed by atoms with E-state index in [1.165, 1.54) is 0 Å². The number of halogens is 1. The Morgan fingerprint density at radius 3 is 2.56 bits per heavy atom. The van der Waals surface area contributed by atoms with Gasteiger partial charge >= 0.3 is 0 Å². The van der Waals surface area contributed by atoms with Gasteiger partial charge in [-0.3, -0.25) is 9.59 Å². The molecule has 27 heavy (non-hydrogen) atoms. The molecule has 3 rings (SSSR count). The molecule has 0 unspecified atom stereocenters. The Hall–Kier alpha value is -2.33. The van der Waals surface area contributed by atoms with Crippen LogP contribution >= 0.6 is 11.6 Å². The van der Waals surface area contributed by atoms with Gasteiger partial charge in [0.25, 0.3) is 11.8 Å². The van der Waals surface area contributed by atoms with Crippen molar-refractivity contribution in [2.75, 3.05) is 11.4 Å². The Balaban J connectivity index is 1.81. The fourth-order valence-corrected chi connectivity index (χ4v) is 3.64. The third kappa shape index (κ3) is 4.51. The minimum Gasteiger partial charge on any atom is -0.350 e. The molecule has 1 atom stereocenters. The summed E-state index contributed by atoms with van der Waals surface area (Å²) in [5.41, 5.74) is 3.19. The van der Waals surface area contributed by atoms with Gasteiger partial charge in [0.05, 0.1) is 0 Å². The van der Waals surface area contributed by atoms with Crippen LogP contribution in [0.15, 0.2) is 42.5 Å². The smallest absolute Gasteiger partial charge is 0.258 e. The summed E-state index contributed by atoms with van der Waals surface area (Å²) in [6, 6.07) is 12.7. The standard InChI is InChI=1S/C22H25ClN2O2/c1-3-5-15(2)24-21(26)18-9-12-20-17(14-18)6-4-13-25(20)22(27)16-7-10-19(23)11-8-16/h7-12,14-15H,3-6,13H2,1-2H3,(H,24,26)/t15-/m1/s1. The number of hydrogen-bond acceptors (Lipinski definition) is 2. The summed E-state index contributed by atoms with van der Waals surface area (Å²) in [4.78, 5) is 27.2. The maximum absolute atomic E-state index is 12.9. The predicted octanol–water partition coefficient (Wildman–Crippen LogP) is 4.85. The molecule has 0 radical (unpaired) electrons. The van der Waals surface area contributed by atoms with Crippen molar-refractivity contribution in [3.8, 4) is 0 Å². The lowest BCUT2D eigenvalue weighted by Crippen LogP contribution is -2.36. The van der Waals surface area contributed by atoms with E-state index in [-0.39, 0.29) is 17.9 Å². The molecule has 2 aromatic rings. The Morgan fingerprint density at radius 2 is 1.85 bits per heavy atom. The highest BCUT2D eigenvalue weighted by molar-refractivity contribution is 6.30. The number of fused-ring (bicyclic) bond motifs is 1. The predicted molar refractivity (Wildman–Crippen MR) is 110 cm³/mol. The fourth-order valence-electron chi connectivity index (χ4n) is 3.51. The second kappa shape index (κ2) is 8.57. The number of nitrogens with zero attached hydrogens (tertiary/aromatic N) is 1. The van der Waals surface area contributed by atoms with Crippen molar-refractivity contribution in [2.24, 2.45) is 0 Å².